The Morgan fingerprint density at radius 3 is 3.00 bits per heavy atom. The molecule has 1 aliphatic rings. The molecule has 3 N–H and O–H groups in total. The highest BCUT2D eigenvalue weighted by molar-refractivity contribution is 5.95. The monoisotopic (exact) mass is 234 g/mol. The number of benzene rings is 1. The molecule has 0 aromatic heterocycles. The third kappa shape index (κ3) is 2.20. The van der Waals surface area contributed by atoms with Crippen molar-refractivity contribution in [3.63, 3.8) is 0 Å². The van der Waals surface area contributed by atoms with Gasteiger partial charge >= 0.3 is 5.97 Å². The molecular weight excluding hydrogens is 216 g/mol. The van der Waals surface area contributed by atoms with Gasteiger partial charge in [-0.05, 0) is 37.5 Å². The third-order valence-electron chi connectivity index (χ3n) is 3.41. The molecule has 1 aromatic carbocycles. The molecule has 0 amide bonds. The van der Waals surface area contributed by atoms with E-state index in [4.69, 9.17) is 5.73 Å². The molecule has 1 aliphatic heterocycles. The van der Waals surface area contributed by atoms with Crippen molar-refractivity contribution in [3.05, 3.63) is 23.8 Å². The number of rotatable bonds is 3. The summed E-state index contributed by atoms with van der Waals surface area (Å²) >= 11 is 0. The topological polar surface area (TPSA) is 66.6 Å². The van der Waals surface area contributed by atoms with Crippen LogP contribution in [0.1, 0.15) is 36.5 Å². The van der Waals surface area contributed by atoms with Gasteiger partial charge in [0, 0.05) is 18.3 Å². The number of nitrogen functional groups attached to an aromatic ring is 1. The molecule has 0 radical (unpaired) electrons. The van der Waals surface area contributed by atoms with Crippen molar-refractivity contribution >= 4 is 17.3 Å². The maximum absolute atomic E-state index is 11.2. The molecule has 0 saturated carbocycles. The first-order valence-corrected chi connectivity index (χ1v) is 6.03. The van der Waals surface area contributed by atoms with Crippen LogP contribution < -0.4 is 10.6 Å². The zero-order valence-corrected chi connectivity index (χ0v) is 10.0. The van der Waals surface area contributed by atoms with Gasteiger partial charge in [0.15, 0.2) is 0 Å². The number of anilines is 2. The molecule has 1 atom stereocenters. The molecular formula is C13H18N2O2. The van der Waals surface area contributed by atoms with E-state index >= 15 is 0 Å². The predicted molar refractivity (Wildman–Crippen MR) is 68.5 cm³/mol. The lowest BCUT2D eigenvalue weighted by Crippen LogP contribution is -2.30. The molecule has 17 heavy (non-hydrogen) atoms. The van der Waals surface area contributed by atoms with Gasteiger partial charge in [-0.15, -0.1) is 0 Å². The van der Waals surface area contributed by atoms with E-state index in [0.29, 0.717) is 17.3 Å². The van der Waals surface area contributed by atoms with Crippen molar-refractivity contribution in [3.8, 4) is 0 Å². The van der Waals surface area contributed by atoms with Crippen LogP contribution in [-0.4, -0.2) is 23.7 Å². The summed E-state index contributed by atoms with van der Waals surface area (Å²) in [5.74, 6) is -0.887. The fourth-order valence-electron chi connectivity index (χ4n) is 2.54. The van der Waals surface area contributed by atoms with Gasteiger partial charge in [0.25, 0.3) is 0 Å². The number of hydrogen-bond donors (Lipinski definition) is 2. The summed E-state index contributed by atoms with van der Waals surface area (Å²) in [7, 11) is 0. The Labute approximate surface area is 101 Å². The fraction of sp³-hybridized carbons (Fsp3) is 0.462. The van der Waals surface area contributed by atoms with E-state index in [-0.39, 0.29) is 0 Å². The smallest absolute Gasteiger partial charge is 0.337 e. The molecule has 1 unspecified atom stereocenters. The van der Waals surface area contributed by atoms with Crippen molar-refractivity contribution in [1.82, 2.24) is 0 Å². The Bertz CT molecular complexity index is 431. The molecule has 4 nitrogen and oxygen atoms in total. The van der Waals surface area contributed by atoms with E-state index in [9.17, 15) is 9.90 Å². The summed E-state index contributed by atoms with van der Waals surface area (Å²) < 4.78 is 0. The van der Waals surface area contributed by atoms with Crippen LogP contribution in [0.3, 0.4) is 0 Å². The molecule has 1 saturated heterocycles. The van der Waals surface area contributed by atoms with Crippen molar-refractivity contribution < 1.29 is 9.90 Å². The van der Waals surface area contributed by atoms with Gasteiger partial charge in [-0.2, -0.15) is 0 Å². The number of nitrogens with zero attached hydrogens (tertiary/aromatic N) is 1. The highest BCUT2D eigenvalue weighted by Gasteiger charge is 2.26. The van der Waals surface area contributed by atoms with E-state index in [2.05, 4.69) is 11.8 Å². The highest BCUT2D eigenvalue weighted by atomic mass is 16.4. The van der Waals surface area contributed by atoms with Crippen LogP contribution in [0, 0.1) is 0 Å². The molecule has 1 aromatic rings. The van der Waals surface area contributed by atoms with E-state index in [0.717, 1.165) is 31.5 Å². The second-order valence-electron chi connectivity index (χ2n) is 4.48. The third-order valence-corrected chi connectivity index (χ3v) is 3.41. The molecule has 1 fully saturated rings. The Morgan fingerprint density at radius 2 is 2.35 bits per heavy atom. The lowest BCUT2D eigenvalue weighted by Gasteiger charge is -2.27. The van der Waals surface area contributed by atoms with E-state index < -0.39 is 5.97 Å². The van der Waals surface area contributed by atoms with Gasteiger partial charge in [0.2, 0.25) is 0 Å². The van der Waals surface area contributed by atoms with Crippen LogP contribution in [0.4, 0.5) is 11.4 Å². The molecule has 0 aliphatic carbocycles. The second kappa shape index (κ2) is 4.65. The standard InChI is InChI=1S/C13H18N2O2/c1-2-10-4-3-7-15(10)12-8-9(14)5-6-11(12)13(16)17/h5-6,8,10H,2-4,7,14H2,1H3,(H,16,17). The van der Waals surface area contributed by atoms with Crippen molar-refractivity contribution in [2.24, 2.45) is 0 Å². The zero-order valence-electron chi connectivity index (χ0n) is 10.0. The number of hydrogen-bond acceptors (Lipinski definition) is 3. The van der Waals surface area contributed by atoms with Crippen molar-refractivity contribution in [2.75, 3.05) is 17.2 Å². The van der Waals surface area contributed by atoms with Crippen LogP contribution in [0.2, 0.25) is 0 Å². The van der Waals surface area contributed by atoms with Gasteiger partial charge in [0.05, 0.1) is 11.3 Å². The van der Waals surface area contributed by atoms with Crippen LogP contribution in [-0.2, 0) is 0 Å². The van der Waals surface area contributed by atoms with E-state index in [1.54, 1.807) is 18.2 Å². The maximum Gasteiger partial charge on any atom is 0.337 e. The minimum atomic E-state index is -0.887. The van der Waals surface area contributed by atoms with Crippen LogP contribution in [0.5, 0.6) is 0 Å². The summed E-state index contributed by atoms with van der Waals surface area (Å²) in [5, 5.41) is 9.21. The molecule has 1 heterocycles. The minimum absolute atomic E-state index is 0.347. The largest absolute Gasteiger partial charge is 0.478 e. The number of nitrogens with two attached hydrogens (primary N) is 1. The number of carbonyl (C=O) groups is 1. The van der Waals surface area contributed by atoms with Crippen LogP contribution in [0.25, 0.3) is 0 Å². The number of carboxylic acids is 1. The summed E-state index contributed by atoms with van der Waals surface area (Å²) in [6, 6.07) is 5.45. The Balaban J connectivity index is 2.42. The first-order valence-electron chi connectivity index (χ1n) is 6.03. The summed E-state index contributed by atoms with van der Waals surface area (Å²) in [4.78, 5) is 13.4. The summed E-state index contributed by atoms with van der Waals surface area (Å²) in [5.41, 5.74) is 7.49. The van der Waals surface area contributed by atoms with Crippen LogP contribution >= 0.6 is 0 Å². The lowest BCUT2D eigenvalue weighted by atomic mass is 10.1. The predicted octanol–water partition coefficient (Wildman–Crippen LogP) is 2.35. The van der Waals surface area contributed by atoms with Gasteiger partial charge in [-0.3, -0.25) is 0 Å². The van der Waals surface area contributed by atoms with Crippen LogP contribution in [0.15, 0.2) is 18.2 Å². The second-order valence-corrected chi connectivity index (χ2v) is 4.48. The first-order chi connectivity index (χ1) is 8.13. The van der Waals surface area contributed by atoms with Gasteiger partial charge in [0.1, 0.15) is 0 Å². The average Bonchev–Trinajstić information content (AvgIpc) is 2.76. The van der Waals surface area contributed by atoms with E-state index in [1.165, 1.54) is 0 Å². The molecule has 0 bridgehead atoms. The summed E-state index contributed by atoms with van der Waals surface area (Å²) in [6.07, 6.45) is 3.28. The Morgan fingerprint density at radius 1 is 1.59 bits per heavy atom. The van der Waals surface area contributed by atoms with Gasteiger partial charge < -0.3 is 15.7 Å². The molecule has 92 valence electrons. The molecule has 2 rings (SSSR count). The Kier molecular flexibility index (Phi) is 3.22. The maximum atomic E-state index is 11.2. The fourth-order valence-corrected chi connectivity index (χ4v) is 2.54. The van der Waals surface area contributed by atoms with Crippen molar-refractivity contribution in [2.45, 2.75) is 32.2 Å². The van der Waals surface area contributed by atoms with E-state index in [1.807, 2.05) is 0 Å². The summed E-state index contributed by atoms with van der Waals surface area (Å²) in [6.45, 7) is 3.05. The quantitative estimate of drug-likeness (QED) is 0.788. The first kappa shape index (κ1) is 11.8. The molecule has 0 spiro atoms. The van der Waals surface area contributed by atoms with Crippen molar-refractivity contribution in [1.29, 1.82) is 0 Å². The Hall–Kier alpha value is -1.71. The normalized spacial score (nSPS) is 19.6. The minimum Gasteiger partial charge on any atom is -0.478 e. The number of carboxylic acid groups (broad SMARTS) is 1. The highest BCUT2D eigenvalue weighted by Crippen LogP contribution is 2.31. The zero-order chi connectivity index (χ0) is 12.4. The lowest BCUT2D eigenvalue weighted by molar-refractivity contribution is 0.0697. The number of aromatic carboxylic acids is 1. The molecule has 4 heteroatoms. The average molecular weight is 234 g/mol. The van der Waals surface area contributed by atoms with Gasteiger partial charge in [-0.25, -0.2) is 4.79 Å². The van der Waals surface area contributed by atoms with Gasteiger partial charge in [-0.1, -0.05) is 6.92 Å². The SMILES string of the molecule is CCC1CCCN1c1cc(N)ccc1C(=O)O.